The smallest absolute Gasteiger partial charge is 0.216 e. The van der Waals surface area contributed by atoms with Crippen LogP contribution in [0.3, 0.4) is 0 Å². The summed E-state index contributed by atoms with van der Waals surface area (Å²) in [7, 11) is 0. The van der Waals surface area contributed by atoms with E-state index in [0.29, 0.717) is 22.6 Å². The Morgan fingerprint density at radius 2 is 1.36 bits per heavy atom. The van der Waals surface area contributed by atoms with Crippen LogP contribution in [0.2, 0.25) is 0 Å². The van der Waals surface area contributed by atoms with E-state index in [9.17, 15) is 0 Å². The number of rotatable bonds is 7. The first-order valence-electron chi connectivity index (χ1n) is 22.8. The van der Waals surface area contributed by atoms with Crippen LogP contribution in [-0.2, 0) is 32.9 Å². The summed E-state index contributed by atoms with van der Waals surface area (Å²) in [5.41, 5.74) is 10.8. The largest absolute Gasteiger partial charge is 0.486 e. The molecule has 0 aliphatic heterocycles. The molecule has 5 aromatic carbocycles. The SMILES string of the molecule is [2H]C([2H])([2H])c1c[c-]c(-c2cc(-c3ccc(C([2H])([2H])C(C)(C)C)cc3)ccn2)cc1.[2H]C([2H])([2H])c1ccc2c(n1)oc1c(-c3cc(Cc4ccc(-c5ccccc5)cc4)ccn3)[c-]ccc12.[Ir]. The van der Waals surface area contributed by atoms with Gasteiger partial charge in [-0.25, -0.2) is 4.98 Å². The van der Waals surface area contributed by atoms with Gasteiger partial charge in [0.15, 0.2) is 0 Å². The number of benzene rings is 5. The zero-order valence-electron chi connectivity index (χ0n) is 40.3. The van der Waals surface area contributed by atoms with Gasteiger partial charge < -0.3 is 14.4 Å². The quantitative estimate of drug-likeness (QED) is 0.149. The molecule has 5 heteroatoms. The summed E-state index contributed by atoms with van der Waals surface area (Å²) in [6.45, 7) is 1.24. The minimum Gasteiger partial charge on any atom is -0.486 e. The van der Waals surface area contributed by atoms with Crippen molar-refractivity contribution in [3.8, 4) is 44.8 Å². The summed E-state index contributed by atoms with van der Waals surface area (Å²) in [6.07, 6.45) is 2.83. The number of fused-ring (bicyclic) bond motifs is 3. The molecular weight excluding hydrogens is 887 g/mol. The van der Waals surface area contributed by atoms with Crippen LogP contribution in [0.4, 0.5) is 0 Å². The summed E-state index contributed by atoms with van der Waals surface area (Å²) < 4.78 is 68.2. The Kier molecular flexibility index (Phi) is 9.45. The van der Waals surface area contributed by atoms with E-state index in [1.54, 1.807) is 30.6 Å². The molecule has 0 N–H and O–H groups in total. The van der Waals surface area contributed by atoms with E-state index < -0.39 is 25.5 Å². The van der Waals surface area contributed by atoms with Gasteiger partial charge in [0.25, 0.3) is 0 Å². The van der Waals surface area contributed by atoms with Gasteiger partial charge in [-0.3, -0.25) is 0 Å². The maximum atomic E-state index is 8.41. The molecule has 4 heterocycles. The van der Waals surface area contributed by atoms with E-state index in [0.717, 1.165) is 50.7 Å². The molecule has 0 amide bonds. The second-order valence-electron chi connectivity index (χ2n) is 14.9. The average molecular weight is 940 g/mol. The molecule has 4 nitrogen and oxygen atoms in total. The second-order valence-corrected chi connectivity index (χ2v) is 14.9. The van der Waals surface area contributed by atoms with Crippen LogP contribution in [0, 0.1) is 31.3 Å². The number of hydrogen-bond acceptors (Lipinski definition) is 4. The third-order valence-electron chi connectivity index (χ3n) is 9.43. The molecule has 0 aliphatic carbocycles. The zero-order chi connectivity index (χ0) is 46.1. The van der Waals surface area contributed by atoms with E-state index in [4.69, 9.17) is 15.4 Å². The number of pyridine rings is 3. The number of aryl methyl sites for hydroxylation is 2. The van der Waals surface area contributed by atoms with Crippen LogP contribution in [0.15, 0.2) is 162 Å². The maximum Gasteiger partial charge on any atom is 0.216 e. The van der Waals surface area contributed by atoms with Crippen molar-refractivity contribution in [2.45, 2.75) is 47.3 Å². The first-order chi connectivity index (χ1) is 30.8. The van der Waals surface area contributed by atoms with Crippen molar-refractivity contribution in [1.82, 2.24) is 15.0 Å². The molecule has 0 fully saturated rings. The van der Waals surface area contributed by atoms with Gasteiger partial charge in [-0.15, -0.1) is 53.6 Å². The van der Waals surface area contributed by atoms with Gasteiger partial charge in [-0.2, -0.15) is 0 Å². The third kappa shape index (κ3) is 9.57. The number of nitrogens with zero attached hydrogens (tertiary/aromatic N) is 3. The molecule has 4 aromatic heterocycles. The molecule has 0 aliphatic rings. The van der Waals surface area contributed by atoms with Gasteiger partial charge in [0.2, 0.25) is 5.71 Å². The van der Waals surface area contributed by atoms with Gasteiger partial charge in [0.05, 0.1) is 5.58 Å². The monoisotopic (exact) mass is 940 g/mol. The summed E-state index contributed by atoms with van der Waals surface area (Å²) in [5.74, 6) is 0. The van der Waals surface area contributed by atoms with E-state index >= 15 is 0 Å². The molecule has 1 radical (unpaired) electrons. The van der Waals surface area contributed by atoms with Crippen LogP contribution < -0.4 is 0 Å². The molecule has 9 aromatic rings. The first-order valence-corrected chi connectivity index (χ1v) is 18.8. The van der Waals surface area contributed by atoms with Crippen LogP contribution in [-0.4, -0.2) is 15.0 Å². The molecule has 0 atom stereocenters. The molecule has 0 spiro atoms. The Labute approximate surface area is 366 Å². The Morgan fingerprint density at radius 1 is 0.638 bits per heavy atom. The molecule has 289 valence electrons. The standard InChI is InChI=1S/C30H21N2O.C23H24N.Ir/c1-20-10-15-26-25-8-5-9-27(29(25)33-30(26)32-20)28-19-22(16-17-31-28)18-21-11-13-24(14-12-21)23-6-3-2-4-7-23;1-17-5-9-20(10-6-17)22-15-21(13-14-24-22)19-11-7-18(8-12-19)16-23(2,3)4;/h2-8,10-17,19H,18H2,1H3;5-9,11-15H,16H2,1-4H3;/q2*-1;/i1D3;1D3,16D2;. The van der Waals surface area contributed by atoms with Crippen LogP contribution in [0.25, 0.3) is 66.8 Å². The molecular formula is C53H45IrN3O-2. The second kappa shape index (κ2) is 17.6. The van der Waals surface area contributed by atoms with Gasteiger partial charge in [0.1, 0.15) is 0 Å². The number of furan rings is 1. The van der Waals surface area contributed by atoms with Crippen molar-refractivity contribution in [1.29, 1.82) is 0 Å². The fraction of sp³-hybridized carbons (Fsp3) is 0.151. The third-order valence-corrected chi connectivity index (χ3v) is 9.43. The Bertz CT molecular complexity index is 3090. The van der Waals surface area contributed by atoms with Crippen LogP contribution in [0.1, 0.15) is 59.7 Å². The Morgan fingerprint density at radius 3 is 2.09 bits per heavy atom. The van der Waals surface area contributed by atoms with Crippen molar-refractivity contribution in [3.63, 3.8) is 0 Å². The van der Waals surface area contributed by atoms with E-state index in [1.807, 2.05) is 99.6 Å². The molecule has 0 unspecified atom stereocenters. The summed E-state index contributed by atoms with van der Waals surface area (Å²) in [4.78, 5) is 13.2. The van der Waals surface area contributed by atoms with E-state index in [2.05, 4.69) is 63.5 Å². The molecule has 0 saturated heterocycles. The normalized spacial score (nSPS) is 13.9. The van der Waals surface area contributed by atoms with Crippen molar-refractivity contribution in [3.05, 3.63) is 198 Å². The van der Waals surface area contributed by atoms with Crippen LogP contribution in [0.5, 0.6) is 0 Å². The van der Waals surface area contributed by atoms with Gasteiger partial charge in [-0.1, -0.05) is 130 Å². The minimum atomic E-state index is -2.29. The summed E-state index contributed by atoms with van der Waals surface area (Å²) in [6, 6.07) is 52.4. The fourth-order valence-corrected chi connectivity index (χ4v) is 6.74. The summed E-state index contributed by atoms with van der Waals surface area (Å²) >= 11 is 0. The minimum absolute atomic E-state index is 0. The first kappa shape index (κ1) is 31.0. The molecule has 0 saturated carbocycles. The molecule has 0 bridgehead atoms. The van der Waals surface area contributed by atoms with Gasteiger partial charge >= 0.3 is 0 Å². The Hall–Kier alpha value is -6.00. The average Bonchev–Trinajstić information content (AvgIpc) is 3.68. The molecule has 58 heavy (non-hydrogen) atoms. The number of aromatic nitrogens is 3. The van der Waals surface area contributed by atoms with Crippen molar-refractivity contribution < 1.29 is 35.5 Å². The van der Waals surface area contributed by atoms with Crippen molar-refractivity contribution >= 4 is 22.1 Å². The van der Waals surface area contributed by atoms with E-state index in [-0.39, 0.29) is 31.4 Å². The van der Waals surface area contributed by atoms with Gasteiger partial charge in [0, 0.05) is 54.5 Å². The maximum absolute atomic E-state index is 8.41. The topological polar surface area (TPSA) is 51.8 Å². The van der Waals surface area contributed by atoms with Crippen LogP contribution >= 0.6 is 0 Å². The van der Waals surface area contributed by atoms with E-state index in [1.165, 1.54) is 28.8 Å². The predicted molar refractivity (Wildman–Crippen MR) is 235 cm³/mol. The van der Waals surface area contributed by atoms with Crippen molar-refractivity contribution in [2.24, 2.45) is 5.41 Å². The zero-order valence-corrected chi connectivity index (χ0v) is 34.7. The predicted octanol–water partition coefficient (Wildman–Crippen LogP) is 13.5. The fourth-order valence-electron chi connectivity index (χ4n) is 6.74. The summed E-state index contributed by atoms with van der Waals surface area (Å²) in [5, 5.41) is 1.62. The Balaban J connectivity index is 0.000000198. The van der Waals surface area contributed by atoms with Crippen molar-refractivity contribution in [2.75, 3.05) is 0 Å². The molecule has 9 rings (SSSR count). The number of hydrogen-bond donors (Lipinski definition) is 0. The van der Waals surface area contributed by atoms with Gasteiger partial charge in [-0.05, 0) is 99.7 Å².